The van der Waals surface area contributed by atoms with Gasteiger partial charge in [0.05, 0.1) is 6.42 Å². The van der Waals surface area contributed by atoms with Crippen molar-refractivity contribution in [3.63, 3.8) is 0 Å². The van der Waals surface area contributed by atoms with E-state index in [4.69, 9.17) is 10.2 Å². The van der Waals surface area contributed by atoms with E-state index in [2.05, 4.69) is 21.3 Å². The monoisotopic (exact) mass is 582 g/mol. The standard InChI is InChI=1S/C27H42N4O10/c1-3-15(2)21(24(38)28-17(9-11-19(33)34)23(37)31-27(13-14-27)26(40)41)30-25(39)22(16-7-5-4-6-8-16)29-18(32)10-12-20(35)36/h15-17,21-22H,3-14H2,1-2H3,(H,28,38)(H,29,32)(H,30,39)(H,31,37)(H,33,34)(H,35,36)(H,40,41)/t15-,17+,21+,22+/m1/s1. The van der Waals surface area contributed by atoms with Gasteiger partial charge in [-0.3, -0.25) is 28.8 Å². The van der Waals surface area contributed by atoms with Crippen LogP contribution in [-0.2, 0) is 33.6 Å². The largest absolute Gasteiger partial charge is 0.481 e. The van der Waals surface area contributed by atoms with Gasteiger partial charge >= 0.3 is 17.9 Å². The number of nitrogens with one attached hydrogen (secondary N) is 4. The summed E-state index contributed by atoms with van der Waals surface area (Å²) in [5.74, 6) is -7.02. The van der Waals surface area contributed by atoms with E-state index in [0.29, 0.717) is 19.3 Å². The molecule has 0 heterocycles. The highest BCUT2D eigenvalue weighted by Gasteiger charge is 2.52. The molecule has 0 radical (unpaired) electrons. The van der Waals surface area contributed by atoms with Crippen molar-refractivity contribution in [1.82, 2.24) is 21.3 Å². The van der Waals surface area contributed by atoms with E-state index >= 15 is 0 Å². The van der Waals surface area contributed by atoms with E-state index in [1.54, 1.807) is 13.8 Å². The highest BCUT2D eigenvalue weighted by Crippen LogP contribution is 2.35. The van der Waals surface area contributed by atoms with Crippen LogP contribution in [0.5, 0.6) is 0 Å². The lowest BCUT2D eigenvalue weighted by Crippen LogP contribution is -2.60. The normalized spacial score (nSPS) is 19.0. The van der Waals surface area contributed by atoms with Crippen molar-refractivity contribution in [2.24, 2.45) is 11.8 Å². The van der Waals surface area contributed by atoms with Crippen LogP contribution in [0.2, 0.25) is 0 Å². The highest BCUT2D eigenvalue weighted by molar-refractivity contribution is 5.96. The van der Waals surface area contributed by atoms with Gasteiger partial charge in [-0.25, -0.2) is 4.79 Å². The van der Waals surface area contributed by atoms with Crippen molar-refractivity contribution in [3.8, 4) is 0 Å². The lowest BCUT2D eigenvalue weighted by atomic mass is 9.83. The smallest absolute Gasteiger partial charge is 0.329 e. The molecule has 2 aliphatic rings. The third kappa shape index (κ3) is 10.3. The molecule has 2 saturated carbocycles. The predicted octanol–water partition coefficient (Wildman–Crippen LogP) is 0.530. The minimum atomic E-state index is -1.44. The molecule has 0 bridgehead atoms. The molecular weight excluding hydrogens is 540 g/mol. The average Bonchev–Trinajstić information content (AvgIpc) is 3.71. The summed E-state index contributed by atoms with van der Waals surface area (Å²) in [6, 6.07) is -3.50. The average molecular weight is 583 g/mol. The third-order valence-corrected chi connectivity index (χ3v) is 7.88. The molecule has 0 saturated heterocycles. The molecule has 41 heavy (non-hydrogen) atoms. The SMILES string of the molecule is CC[C@@H](C)[C@H](NC(=O)[C@@H](NC(=O)CCC(=O)O)C1CCCCC1)C(=O)N[C@@H](CCC(=O)O)C(=O)NC1(C(=O)O)CC1. The maximum absolute atomic E-state index is 13.5. The Morgan fingerprint density at radius 3 is 1.90 bits per heavy atom. The molecule has 2 aliphatic carbocycles. The molecule has 4 amide bonds. The molecule has 0 aromatic rings. The Balaban J connectivity index is 2.21. The van der Waals surface area contributed by atoms with Gasteiger partial charge in [0, 0.05) is 12.8 Å². The fourth-order valence-corrected chi connectivity index (χ4v) is 4.91. The first kappa shape index (κ1) is 33.5. The second-order valence-corrected chi connectivity index (χ2v) is 11.1. The van der Waals surface area contributed by atoms with Gasteiger partial charge in [0.25, 0.3) is 0 Å². The van der Waals surface area contributed by atoms with Crippen LogP contribution >= 0.6 is 0 Å². The zero-order valence-electron chi connectivity index (χ0n) is 23.6. The number of rotatable bonds is 17. The first-order valence-corrected chi connectivity index (χ1v) is 14.2. The number of hydrogen-bond donors (Lipinski definition) is 7. The number of hydrogen-bond acceptors (Lipinski definition) is 7. The van der Waals surface area contributed by atoms with Crippen LogP contribution < -0.4 is 21.3 Å². The summed E-state index contributed by atoms with van der Waals surface area (Å²) in [5.41, 5.74) is -1.44. The van der Waals surface area contributed by atoms with Gasteiger partial charge in [0.15, 0.2) is 0 Å². The number of aliphatic carboxylic acids is 3. The molecule has 14 heteroatoms. The Morgan fingerprint density at radius 2 is 1.39 bits per heavy atom. The molecule has 0 spiro atoms. The van der Waals surface area contributed by atoms with E-state index in [1.165, 1.54) is 0 Å². The minimum Gasteiger partial charge on any atom is -0.481 e. The van der Waals surface area contributed by atoms with Crippen molar-refractivity contribution in [2.75, 3.05) is 0 Å². The van der Waals surface area contributed by atoms with Crippen LogP contribution in [-0.4, -0.2) is 80.5 Å². The summed E-state index contributed by atoms with van der Waals surface area (Å²) in [4.78, 5) is 85.9. The summed E-state index contributed by atoms with van der Waals surface area (Å²) in [5, 5.41) is 37.7. The molecular formula is C27H42N4O10. The third-order valence-electron chi connectivity index (χ3n) is 7.88. The summed E-state index contributed by atoms with van der Waals surface area (Å²) >= 11 is 0. The Kier molecular flexibility index (Phi) is 12.5. The molecule has 0 aliphatic heterocycles. The van der Waals surface area contributed by atoms with Gasteiger partial charge in [0.2, 0.25) is 23.6 Å². The van der Waals surface area contributed by atoms with Crippen LogP contribution in [0.4, 0.5) is 0 Å². The summed E-state index contributed by atoms with van der Waals surface area (Å²) in [6.45, 7) is 3.50. The topological polar surface area (TPSA) is 228 Å². The second kappa shape index (κ2) is 15.3. The van der Waals surface area contributed by atoms with Crippen molar-refractivity contribution >= 4 is 41.5 Å². The summed E-state index contributed by atoms with van der Waals surface area (Å²) in [7, 11) is 0. The number of carboxylic acid groups (broad SMARTS) is 3. The number of carbonyl (C=O) groups is 7. The molecule has 2 rings (SSSR count). The Hall–Kier alpha value is -3.71. The maximum Gasteiger partial charge on any atom is 0.329 e. The van der Waals surface area contributed by atoms with E-state index in [9.17, 15) is 38.7 Å². The molecule has 230 valence electrons. The van der Waals surface area contributed by atoms with Gasteiger partial charge < -0.3 is 36.6 Å². The van der Waals surface area contributed by atoms with E-state index < -0.39 is 84.0 Å². The van der Waals surface area contributed by atoms with E-state index in [0.717, 1.165) is 19.3 Å². The van der Waals surface area contributed by atoms with Gasteiger partial charge in [-0.1, -0.05) is 39.5 Å². The maximum atomic E-state index is 13.5. The number of carboxylic acids is 3. The fraction of sp³-hybridized carbons (Fsp3) is 0.741. The van der Waals surface area contributed by atoms with Gasteiger partial charge in [-0.15, -0.1) is 0 Å². The zero-order chi connectivity index (χ0) is 30.7. The Labute approximate surface area is 238 Å². The van der Waals surface area contributed by atoms with Gasteiger partial charge in [-0.05, 0) is 43.9 Å². The molecule has 0 aromatic carbocycles. The van der Waals surface area contributed by atoms with E-state index in [-0.39, 0.29) is 31.6 Å². The van der Waals surface area contributed by atoms with Gasteiger partial charge in [-0.2, -0.15) is 0 Å². The second-order valence-electron chi connectivity index (χ2n) is 11.1. The predicted molar refractivity (Wildman–Crippen MR) is 143 cm³/mol. The highest BCUT2D eigenvalue weighted by atomic mass is 16.4. The van der Waals surface area contributed by atoms with Crippen LogP contribution in [0, 0.1) is 11.8 Å². The Bertz CT molecular complexity index is 1010. The summed E-state index contributed by atoms with van der Waals surface area (Å²) in [6.07, 6.45) is 3.43. The van der Waals surface area contributed by atoms with Crippen LogP contribution in [0.3, 0.4) is 0 Å². The van der Waals surface area contributed by atoms with Crippen molar-refractivity contribution in [1.29, 1.82) is 0 Å². The first-order chi connectivity index (χ1) is 19.3. The molecule has 4 atom stereocenters. The van der Waals surface area contributed by atoms with Crippen LogP contribution in [0.1, 0.15) is 90.9 Å². The first-order valence-electron chi connectivity index (χ1n) is 14.2. The summed E-state index contributed by atoms with van der Waals surface area (Å²) < 4.78 is 0. The van der Waals surface area contributed by atoms with Crippen LogP contribution in [0.25, 0.3) is 0 Å². The molecule has 7 N–H and O–H groups in total. The number of carbonyl (C=O) groups excluding carboxylic acids is 4. The number of amides is 4. The quantitative estimate of drug-likeness (QED) is 0.126. The minimum absolute atomic E-state index is 0.208. The van der Waals surface area contributed by atoms with Crippen molar-refractivity contribution in [3.05, 3.63) is 0 Å². The lowest BCUT2D eigenvalue weighted by molar-refractivity contribution is -0.144. The molecule has 2 fully saturated rings. The zero-order valence-corrected chi connectivity index (χ0v) is 23.6. The molecule has 0 unspecified atom stereocenters. The van der Waals surface area contributed by atoms with Crippen molar-refractivity contribution in [2.45, 2.75) is 115 Å². The lowest BCUT2D eigenvalue weighted by Gasteiger charge is -2.33. The molecule has 0 aromatic heterocycles. The van der Waals surface area contributed by atoms with Crippen LogP contribution in [0.15, 0.2) is 0 Å². The van der Waals surface area contributed by atoms with Crippen molar-refractivity contribution < 1.29 is 48.9 Å². The molecule has 14 nitrogen and oxygen atoms in total. The van der Waals surface area contributed by atoms with E-state index in [1.807, 2.05) is 0 Å². The Morgan fingerprint density at radius 1 is 0.780 bits per heavy atom. The van der Waals surface area contributed by atoms with Gasteiger partial charge in [0.1, 0.15) is 23.7 Å². The fourth-order valence-electron chi connectivity index (χ4n) is 4.91.